The number of benzene rings is 3. The van der Waals surface area contributed by atoms with E-state index in [-0.39, 0.29) is 17.7 Å². The lowest BCUT2D eigenvalue weighted by Crippen LogP contribution is -2.27. The zero-order valence-electron chi connectivity index (χ0n) is 20.6. The second-order valence-corrected chi connectivity index (χ2v) is 10.2. The van der Waals surface area contributed by atoms with E-state index in [1.165, 1.54) is 4.90 Å². The molecule has 0 unspecified atom stereocenters. The fourth-order valence-electron chi connectivity index (χ4n) is 4.28. The van der Waals surface area contributed by atoms with Crippen LogP contribution in [0.5, 0.6) is 11.5 Å². The van der Waals surface area contributed by atoms with Crippen molar-refractivity contribution in [2.24, 2.45) is 0 Å². The summed E-state index contributed by atoms with van der Waals surface area (Å²) < 4.78 is 7.98. The Kier molecular flexibility index (Phi) is 7.10. The number of halogens is 1. The zero-order chi connectivity index (χ0) is 26.8. The lowest BCUT2D eigenvalue weighted by molar-refractivity contribution is -0.123. The summed E-state index contributed by atoms with van der Waals surface area (Å²) >= 11 is 6.90. The highest BCUT2D eigenvalue weighted by atomic mass is 35.5. The minimum atomic E-state index is -0.302. The van der Waals surface area contributed by atoms with Gasteiger partial charge in [-0.25, -0.2) is 0 Å². The number of imide groups is 1. The number of ether oxygens (including phenoxy) is 1. The largest absolute Gasteiger partial charge is 0.457 e. The molecule has 0 saturated carbocycles. The van der Waals surface area contributed by atoms with Gasteiger partial charge in [0.05, 0.1) is 23.1 Å². The molecule has 1 aromatic heterocycles. The van der Waals surface area contributed by atoms with Crippen LogP contribution in [0.25, 0.3) is 11.8 Å². The summed E-state index contributed by atoms with van der Waals surface area (Å²) in [5.41, 5.74) is 5.18. The quantitative estimate of drug-likeness (QED) is 0.235. The molecule has 0 atom stereocenters. The number of thioether (sulfide) groups is 1. The number of nitriles is 1. The Labute approximate surface area is 229 Å². The van der Waals surface area contributed by atoms with Crippen LogP contribution in [0.3, 0.4) is 0 Å². The van der Waals surface area contributed by atoms with Crippen molar-refractivity contribution in [2.75, 3.05) is 0 Å². The van der Waals surface area contributed by atoms with Gasteiger partial charge < -0.3 is 9.30 Å². The van der Waals surface area contributed by atoms with Gasteiger partial charge in [-0.3, -0.25) is 14.5 Å². The second-order valence-electron chi connectivity index (χ2n) is 8.79. The first-order valence-electron chi connectivity index (χ1n) is 11.8. The van der Waals surface area contributed by atoms with E-state index in [1.807, 2.05) is 56.3 Å². The Hall–Kier alpha value is -4.25. The molecule has 188 valence electrons. The zero-order valence-corrected chi connectivity index (χ0v) is 22.2. The van der Waals surface area contributed by atoms with E-state index in [2.05, 4.69) is 10.6 Å². The normalized spacial score (nSPS) is 14.3. The predicted octanol–water partition coefficient (Wildman–Crippen LogP) is 7.65. The second kappa shape index (κ2) is 10.6. The number of hydrogen-bond donors (Lipinski definition) is 0. The van der Waals surface area contributed by atoms with Crippen LogP contribution < -0.4 is 4.74 Å². The maximum atomic E-state index is 13.0. The Balaban J connectivity index is 1.34. The van der Waals surface area contributed by atoms with Gasteiger partial charge in [0.25, 0.3) is 11.1 Å². The minimum absolute atomic E-state index is 0.203. The number of hydrogen-bond acceptors (Lipinski definition) is 5. The summed E-state index contributed by atoms with van der Waals surface area (Å²) in [5.74, 6) is 1.02. The molecule has 0 N–H and O–H groups in total. The van der Waals surface area contributed by atoms with E-state index < -0.39 is 0 Å². The van der Waals surface area contributed by atoms with Gasteiger partial charge in [-0.1, -0.05) is 23.7 Å². The third kappa shape index (κ3) is 5.23. The van der Waals surface area contributed by atoms with Gasteiger partial charge in [0.15, 0.2) is 0 Å². The van der Waals surface area contributed by atoms with Crippen LogP contribution in [-0.4, -0.2) is 20.6 Å². The molecule has 1 aliphatic rings. The van der Waals surface area contributed by atoms with Crippen molar-refractivity contribution >= 4 is 40.6 Å². The lowest BCUT2D eigenvalue weighted by atomic mass is 10.2. The number of aryl methyl sites for hydroxylation is 1. The fraction of sp³-hybridized carbons (Fsp3) is 0.100. The Morgan fingerprint density at radius 3 is 2.21 bits per heavy atom. The third-order valence-corrected chi connectivity index (χ3v) is 7.36. The Morgan fingerprint density at radius 1 is 0.947 bits per heavy atom. The Morgan fingerprint density at radius 2 is 1.58 bits per heavy atom. The lowest BCUT2D eigenvalue weighted by Gasteiger charge is -2.12. The van der Waals surface area contributed by atoms with E-state index in [4.69, 9.17) is 21.6 Å². The third-order valence-electron chi connectivity index (χ3n) is 6.20. The maximum Gasteiger partial charge on any atom is 0.293 e. The molecule has 5 rings (SSSR count). The number of carbonyl (C=O) groups excluding carboxylic acids is 2. The van der Waals surface area contributed by atoms with Crippen molar-refractivity contribution < 1.29 is 14.3 Å². The summed E-state index contributed by atoms with van der Waals surface area (Å²) in [5, 5.41) is 9.26. The van der Waals surface area contributed by atoms with Crippen molar-refractivity contribution in [3.05, 3.63) is 117 Å². The predicted molar refractivity (Wildman–Crippen MR) is 149 cm³/mol. The molecule has 6 nitrogen and oxygen atoms in total. The molecule has 38 heavy (non-hydrogen) atoms. The molecule has 0 radical (unpaired) electrons. The van der Waals surface area contributed by atoms with Crippen LogP contribution in [0.2, 0.25) is 5.02 Å². The van der Waals surface area contributed by atoms with Crippen molar-refractivity contribution in [3.8, 4) is 23.3 Å². The van der Waals surface area contributed by atoms with E-state index in [1.54, 1.807) is 42.5 Å². The SMILES string of the molecule is Cc1cc(/C=C2\SC(=O)N(Cc3ccc(Cl)cc3)C2=O)c(C)n1-c1ccc(Oc2ccc(C#N)cc2)cc1. The molecule has 1 fully saturated rings. The van der Waals surface area contributed by atoms with E-state index >= 15 is 0 Å². The van der Waals surface area contributed by atoms with E-state index in [0.29, 0.717) is 27.0 Å². The van der Waals surface area contributed by atoms with Crippen LogP contribution in [0.15, 0.2) is 83.8 Å². The highest BCUT2D eigenvalue weighted by Crippen LogP contribution is 2.35. The first kappa shape index (κ1) is 25.4. The van der Waals surface area contributed by atoms with Crippen LogP contribution in [-0.2, 0) is 11.3 Å². The number of aromatic nitrogens is 1. The Bertz CT molecular complexity index is 1600. The van der Waals surface area contributed by atoms with Crippen molar-refractivity contribution in [1.29, 1.82) is 5.26 Å². The van der Waals surface area contributed by atoms with Crippen molar-refractivity contribution in [1.82, 2.24) is 9.47 Å². The molecular weight excluding hydrogens is 518 g/mol. The van der Waals surface area contributed by atoms with E-state index in [0.717, 1.165) is 40.0 Å². The van der Waals surface area contributed by atoms with Gasteiger partial charge in [0.2, 0.25) is 0 Å². The highest BCUT2D eigenvalue weighted by molar-refractivity contribution is 8.18. The topological polar surface area (TPSA) is 75.3 Å². The number of carbonyl (C=O) groups is 2. The average molecular weight is 540 g/mol. The van der Waals surface area contributed by atoms with Gasteiger partial charge in [0.1, 0.15) is 11.5 Å². The molecule has 2 amide bonds. The maximum absolute atomic E-state index is 13.0. The smallest absolute Gasteiger partial charge is 0.293 e. The molecule has 3 aromatic carbocycles. The van der Waals surface area contributed by atoms with Crippen LogP contribution in [0.4, 0.5) is 4.79 Å². The molecule has 0 bridgehead atoms. The summed E-state index contributed by atoms with van der Waals surface area (Å²) in [6.07, 6.45) is 1.79. The first-order chi connectivity index (χ1) is 18.3. The molecule has 8 heteroatoms. The molecular formula is C30H22ClN3O3S. The van der Waals surface area contributed by atoms with E-state index in [9.17, 15) is 9.59 Å². The van der Waals surface area contributed by atoms with Crippen molar-refractivity contribution in [2.45, 2.75) is 20.4 Å². The number of amides is 2. The molecule has 4 aromatic rings. The minimum Gasteiger partial charge on any atom is -0.457 e. The summed E-state index contributed by atoms with van der Waals surface area (Å²) in [7, 11) is 0. The molecule has 1 aliphatic heterocycles. The van der Waals surface area contributed by atoms with Gasteiger partial charge in [-0.2, -0.15) is 5.26 Å². The molecule has 0 spiro atoms. The monoisotopic (exact) mass is 539 g/mol. The standard InChI is InChI=1S/C30H22ClN3O3S/c1-19-15-23(16-28-29(35)33(30(36)38-28)18-22-3-7-24(31)8-4-22)20(2)34(19)25-9-13-27(14-10-25)37-26-11-5-21(17-32)6-12-26/h3-16H,18H2,1-2H3/b28-16-. The molecule has 1 saturated heterocycles. The summed E-state index contributed by atoms with van der Waals surface area (Å²) in [4.78, 5) is 27.3. The number of rotatable bonds is 6. The summed E-state index contributed by atoms with van der Waals surface area (Å²) in [6, 6.07) is 25.8. The van der Waals surface area contributed by atoms with Gasteiger partial charge >= 0.3 is 0 Å². The highest BCUT2D eigenvalue weighted by Gasteiger charge is 2.35. The van der Waals surface area contributed by atoms with Crippen LogP contribution >= 0.6 is 23.4 Å². The van der Waals surface area contributed by atoms with Gasteiger partial charge in [0, 0.05) is 22.1 Å². The molecule has 2 heterocycles. The fourth-order valence-corrected chi connectivity index (χ4v) is 5.23. The molecule has 0 aliphatic carbocycles. The first-order valence-corrected chi connectivity index (χ1v) is 13.0. The van der Waals surface area contributed by atoms with Gasteiger partial charge in [-0.15, -0.1) is 0 Å². The van der Waals surface area contributed by atoms with Crippen molar-refractivity contribution in [3.63, 3.8) is 0 Å². The summed E-state index contributed by atoms with van der Waals surface area (Å²) in [6.45, 7) is 4.19. The van der Waals surface area contributed by atoms with Gasteiger partial charge in [-0.05, 0) is 110 Å². The van der Waals surface area contributed by atoms with Crippen LogP contribution in [0, 0.1) is 25.2 Å². The van der Waals surface area contributed by atoms with Crippen LogP contribution in [0.1, 0.15) is 28.1 Å². The number of nitrogens with zero attached hydrogens (tertiary/aromatic N) is 3. The average Bonchev–Trinajstić information content (AvgIpc) is 3.34.